The molecule has 0 aliphatic carbocycles. The van der Waals surface area contributed by atoms with Gasteiger partial charge in [-0.3, -0.25) is 4.79 Å². The second-order valence-corrected chi connectivity index (χ2v) is 5.52. The average Bonchev–Trinajstić information content (AvgIpc) is 2.87. The van der Waals surface area contributed by atoms with Gasteiger partial charge in [0.05, 0.1) is 23.3 Å². The highest BCUT2D eigenvalue weighted by Gasteiger charge is 2.24. The molecule has 0 saturated heterocycles. The number of aryl methyl sites for hydroxylation is 1. The number of carboxylic acid groups (broad SMARTS) is 1. The highest BCUT2D eigenvalue weighted by molar-refractivity contribution is 6.07. The molecule has 8 nitrogen and oxygen atoms in total. The second-order valence-electron chi connectivity index (χ2n) is 5.52. The Balaban J connectivity index is 2.46. The number of amides is 1. The Hall–Kier alpha value is -2.48. The Morgan fingerprint density at radius 1 is 1.43 bits per heavy atom. The fourth-order valence-electron chi connectivity index (χ4n) is 2.17. The van der Waals surface area contributed by atoms with E-state index < -0.39 is 17.9 Å². The van der Waals surface area contributed by atoms with Crippen LogP contribution < -0.4 is 5.32 Å². The van der Waals surface area contributed by atoms with Crippen LogP contribution in [0.1, 0.15) is 41.5 Å². The fraction of sp³-hybridized carbons (Fsp3) is 0.467. The molecule has 0 saturated carbocycles. The van der Waals surface area contributed by atoms with Crippen LogP contribution in [0, 0.1) is 6.92 Å². The number of pyridine rings is 1. The van der Waals surface area contributed by atoms with E-state index in [2.05, 4.69) is 15.5 Å². The molecule has 1 amide bonds. The van der Waals surface area contributed by atoms with Gasteiger partial charge in [0.15, 0.2) is 6.04 Å². The number of aliphatic carboxylic acids is 1. The molecule has 8 heteroatoms. The third-order valence-electron chi connectivity index (χ3n) is 3.41. The van der Waals surface area contributed by atoms with Gasteiger partial charge in [-0.2, -0.15) is 0 Å². The standard InChI is InChI=1S/C15H19N3O5/c1-7(2)10-5-9(12-8(3)18-23-14(12)17-10)13(19)16-11(6-22-4)15(20)21/h5,7,11H,6H2,1-4H3,(H,16,19)(H,20,21). The van der Waals surface area contributed by atoms with Crippen molar-refractivity contribution in [3.05, 3.63) is 23.0 Å². The van der Waals surface area contributed by atoms with Crippen LogP contribution in [0.2, 0.25) is 0 Å². The third kappa shape index (κ3) is 3.48. The number of hydrogen-bond donors (Lipinski definition) is 2. The topological polar surface area (TPSA) is 115 Å². The van der Waals surface area contributed by atoms with Gasteiger partial charge in [0.25, 0.3) is 11.6 Å². The summed E-state index contributed by atoms with van der Waals surface area (Å²) < 4.78 is 9.97. The van der Waals surface area contributed by atoms with Gasteiger partial charge in [-0.05, 0) is 18.9 Å². The van der Waals surface area contributed by atoms with Gasteiger partial charge in [0.1, 0.15) is 0 Å². The molecule has 2 aromatic heterocycles. The third-order valence-corrected chi connectivity index (χ3v) is 3.41. The number of aromatic nitrogens is 2. The molecule has 2 heterocycles. The predicted molar refractivity (Wildman–Crippen MR) is 81.4 cm³/mol. The summed E-state index contributed by atoms with van der Waals surface area (Å²) >= 11 is 0. The Labute approximate surface area is 132 Å². The normalized spacial score (nSPS) is 12.6. The molecule has 2 aromatic rings. The van der Waals surface area contributed by atoms with E-state index in [1.165, 1.54) is 7.11 Å². The molecule has 0 fully saturated rings. The number of methoxy groups -OCH3 is 1. The molecule has 0 spiro atoms. The summed E-state index contributed by atoms with van der Waals surface area (Å²) in [5.74, 6) is -1.63. The van der Waals surface area contributed by atoms with Crippen LogP contribution in [-0.2, 0) is 9.53 Å². The van der Waals surface area contributed by atoms with Crippen molar-refractivity contribution in [3.63, 3.8) is 0 Å². The summed E-state index contributed by atoms with van der Waals surface area (Å²) in [5.41, 5.74) is 1.74. The van der Waals surface area contributed by atoms with Crippen molar-refractivity contribution in [1.82, 2.24) is 15.5 Å². The van der Waals surface area contributed by atoms with E-state index >= 15 is 0 Å². The first-order valence-corrected chi connectivity index (χ1v) is 7.14. The number of carboxylic acids is 1. The van der Waals surface area contributed by atoms with Crippen LogP contribution in [-0.4, -0.2) is 46.9 Å². The molecule has 0 radical (unpaired) electrons. The van der Waals surface area contributed by atoms with Gasteiger partial charge in [-0.1, -0.05) is 19.0 Å². The van der Waals surface area contributed by atoms with Crippen LogP contribution in [0.25, 0.3) is 11.1 Å². The van der Waals surface area contributed by atoms with Crippen molar-refractivity contribution in [2.24, 2.45) is 0 Å². The summed E-state index contributed by atoms with van der Waals surface area (Å²) in [6.45, 7) is 5.44. The minimum atomic E-state index is -1.17. The molecule has 0 aliphatic heterocycles. The van der Waals surface area contributed by atoms with Gasteiger partial charge in [-0.25, -0.2) is 9.78 Å². The summed E-state index contributed by atoms with van der Waals surface area (Å²) in [4.78, 5) is 28.1. The van der Waals surface area contributed by atoms with Crippen molar-refractivity contribution in [2.45, 2.75) is 32.7 Å². The van der Waals surface area contributed by atoms with Crippen LogP contribution in [0.3, 0.4) is 0 Å². The van der Waals surface area contributed by atoms with E-state index in [1.807, 2.05) is 13.8 Å². The maximum atomic E-state index is 12.5. The Morgan fingerprint density at radius 3 is 2.70 bits per heavy atom. The van der Waals surface area contributed by atoms with Crippen LogP contribution in [0.5, 0.6) is 0 Å². The lowest BCUT2D eigenvalue weighted by Crippen LogP contribution is -2.43. The SMILES string of the molecule is COCC(NC(=O)c1cc(C(C)C)nc2onc(C)c12)C(=O)O. The van der Waals surface area contributed by atoms with Crippen molar-refractivity contribution < 1.29 is 24.0 Å². The van der Waals surface area contributed by atoms with E-state index in [9.17, 15) is 9.59 Å². The second kappa shape index (κ2) is 6.74. The molecule has 2 N–H and O–H groups in total. The quantitative estimate of drug-likeness (QED) is 0.828. The molecule has 1 atom stereocenters. The lowest BCUT2D eigenvalue weighted by molar-refractivity contribution is -0.140. The summed E-state index contributed by atoms with van der Waals surface area (Å²) in [5, 5.41) is 15.9. The number of rotatable bonds is 6. The van der Waals surface area contributed by atoms with Crippen molar-refractivity contribution in [2.75, 3.05) is 13.7 Å². The first kappa shape index (κ1) is 16.9. The lowest BCUT2D eigenvalue weighted by Gasteiger charge is -2.14. The maximum Gasteiger partial charge on any atom is 0.328 e. The zero-order chi connectivity index (χ0) is 17.1. The van der Waals surface area contributed by atoms with Crippen molar-refractivity contribution in [1.29, 1.82) is 0 Å². The van der Waals surface area contributed by atoms with Gasteiger partial charge in [0, 0.05) is 12.8 Å². The number of ether oxygens (including phenoxy) is 1. The first-order valence-electron chi connectivity index (χ1n) is 7.14. The monoisotopic (exact) mass is 321 g/mol. The Bertz CT molecular complexity index is 738. The molecule has 124 valence electrons. The van der Waals surface area contributed by atoms with E-state index in [-0.39, 0.29) is 18.2 Å². The molecule has 0 aliphatic rings. The zero-order valence-corrected chi connectivity index (χ0v) is 13.4. The highest BCUT2D eigenvalue weighted by atomic mass is 16.5. The Morgan fingerprint density at radius 2 is 2.13 bits per heavy atom. The van der Waals surface area contributed by atoms with Crippen LogP contribution in [0.15, 0.2) is 10.6 Å². The number of fused-ring (bicyclic) bond motifs is 1. The summed E-state index contributed by atoms with van der Waals surface area (Å²) in [7, 11) is 1.37. The van der Waals surface area contributed by atoms with Gasteiger partial charge >= 0.3 is 5.97 Å². The van der Waals surface area contributed by atoms with E-state index in [4.69, 9.17) is 14.4 Å². The van der Waals surface area contributed by atoms with E-state index in [0.29, 0.717) is 22.3 Å². The molecule has 23 heavy (non-hydrogen) atoms. The maximum absolute atomic E-state index is 12.5. The van der Waals surface area contributed by atoms with Crippen molar-refractivity contribution in [3.8, 4) is 0 Å². The predicted octanol–water partition coefficient (Wildman–Crippen LogP) is 1.48. The number of carbonyl (C=O) groups excluding carboxylic acids is 1. The first-order chi connectivity index (χ1) is 10.8. The average molecular weight is 321 g/mol. The molecule has 0 aromatic carbocycles. The molecule has 2 rings (SSSR count). The number of carbonyl (C=O) groups is 2. The number of hydrogen-bond acceptors (Lipinski definition) is 6. The van der Waals surface area contributed by atoms with E-state index in [0.717, 1.165) is 0 Å². The molecule has 0 bridgehead atoms. The minimum Gasteiger partial charge on any atom is -0.480 e. The minimum absolute atomic E-state index is 0.0746. The number of nitrogens with one attached hydrogen (secondary N) is 1. The molecule has 1 unspecified atom stereocenters. The smallest absolute Gasteiger partial charge is 0.328 e. The Kier molecular flexibility index (Phi) is 4.95. The van der Waals surface area contributed by atoms with Gasteiger partial charge in [0.2, 0.25) is 0 Å². The van der Waals surface area contributed by atoms with Crippen LogP contribution >= 0.6 is 0 Å². The molecular weight excluding hydrogens is 302 g/mol. The van der Waals surface area contributed by atoms with E-state index in [1.54, 1.807) is 13.0 Å². The van der Waals surface area contributed by atoms with Crippen LogP contribution in [0.4, 0.5) is 0 Å². The molecular formula is C15H19N3O5. The fourth-order valence-corrected chi connectivity index (χ4v) is 2.17. The van der Waals surface area contributed by atoms with Gasteiger partial charge in [-0.15, -0.1) is 0 Å². The highest BCUT2D eigenvalue weighted by Crippen LogP contribution is 2.25. The number of nitrogens with zero attached hydrogens (tertiary/aromatic N) is 2. The zero-order valence-electron chi connectivity index (χ0n) is 13.4. The lowest BCUT2D eigenvalue weighted by atomic mass is 10.0. The largest absolute Gasteiger partial charge is 0.480 e. The summed E-state index contributed by atoms with van der Waals surface area (Å²) in [6, 6.07) is 0.497. The summed E-state index contributed by atoms with van der Waals surface area (Å²) in [6.07, 6.45) is 0. The van der Waals surface area contributed by atoms with Gasteiger partial charge < -0.3 is 19.7 Å². The van der Waals surface area contributed by atoms with Crippen molar-refractivity contribution >= 4 is 23.0 Å².